The maximum Gasteiger partial charge on any atom is 0.307 e. The van der Waals surface area contributed by atoms with Gasteiger partial charge in [0, 0.05) is 18.0 Å². The van der Waals surface area contributed by atoms with Crippen molar-refractivity contribution in [1.29, 1.82) is 0 Å². The lowest BCUT2D eigenvalue weighted by Gasteiger charge is -2.17. The summed E-state index contributed by atoms with van der Waals surface area (Å²) in [4.78, 5) is 29.2. The zero-order valence-corrected chi connectivity index (χ0v) is 14.8. The minimum absolute atomic E-state index is 0.0901. The Labute approximate surface area is 156 Å². The molecule has 0 saturated heterocycles. The number of carbonyl (C=O) groups is 2. The second kappa shape index (κ2) is 7.61. The predicted molar refractivity (Wildman–Crippen MR) is 98.8 cm³/mol. The van der Waals surface area contributed by atoms with Crippen LogP contribution >= 0.6 is 0 Å². The lowest BCUT2D eigenvalue weighted by molar-refractivity contribution is -0.156. The first-order chi connectivity index (χ1) is 13.2. The highest BCUT2D eigenvalue weighted by Gasteiger charge is 2.30. The van der Waals surface area contributed by atoms with Gasteiger partial charge in [0.1, 0.15) is 5.52 Å². The van der Waals surface area contributed by atoms with Crippen LogP contribution in [0.5, 0.6) is 0 Å². The number of nitrogens with zero attached hydrogens (tertiary/aromatic N) is 1. The summed E-state index contributed by atoms with van der Waals surface area (Å²) in [5.74, 6) is -0.261. The minimum atomic E-state index is -0.942. The second-order valence-electron chi connectivity index (χ2n) is 6.64. The second-order valence-corrected chi connectivity index (χ2v) is 6.64. The van der Waals surface area contributed by atoms with Crippen molar-refractivity contribution in [1.82, 2.24) is 10.3 Å². The number of fused-ring (bicyclic) bond motifs is 1. The van der Waals surface area contributed by atoms with Crippen LogP contribution < -0.4 is 5.32 Å². The van der Waals surface area contributed by atoms with Gasteiger partial charge in [0.15, 0.2) is 11.5 Å². The molecule has 6 nitrogen and oxygen atoms in total. The molecular weight excluding hydrogens is 344 g/mol. The highest BCUT2D eigenvalue weighted by Crippen LogP contribution is 2.24. The summed E-state index contributed by atoms with van der Waals surface area (Å²) in [5.41, 5.74) is 2.10. The third-order valence-corrected chi connectivity index (χ3v) is 4.39. The van der Waals surface area contributed by atoms with Crippen molar-refractivity contribution >= 4 is 23.0 Å². The molecule has 1 fully saturated rings. The normalized spacial score (nSPS) is 14.7. The van der Waals surface area contributed by atoms with Gasteiger partial charge >= 0.3 is 5.97 Å². The summed E-state index contributed by atoms with van der Waals surface area (Å²) in [6, 6.07) is 16.7. The van der Waals surface area contributed by atoms with Crippen molar-refractivity contribution in [3.05, 3.63) is 66.1 Å². The molecule has 3 aromatic rings. The van der Waals surface area contributed by atoms with Gasteiger partial charge in [0.05, 0.1) is 6.42 Å². The number of aryl methyl sites for hydroxylation is 1. The number of ether oxygens (including phenoxy) is 1. The van der Waals surface area contributed by atoms with Crippen LogP contribution in [0.1, 0.15) is 36.8 Å². The number of hydrogen-bond donors (Lipinski definition) is 1. The predicted octanol–water partition coefficient (Wildman–Crippen LogP) is 3.32. The van der Waals surface area contributed by atoms with Crippen molar-refractivity contribution < 1.29 is 18.7 Å². The van der Waals surface area contributed by atoms with Gasteiger partial charge in [-0.1, -0.05) is 42.5 Å². The van der Waals surface area contributed by atoms with Crippen LogP contribution in [0, 0.1) is 0 Å². The first kappa shape index (κ1) is 17.3. The maximum absolute atomic E-state index is 12.5. The highest BCUT2D eigenvalue weighted by molar-refractivity contribution is 5.85. The molecule has 1 aliphatic carbocycles. The van der Waals surface area contributed by atoms with Crippen molar-refractivity contribution in [2.45, 2.75) is 37.8 Å². The first-order valence-electron chi connectivity index (χ1n) is 9.08. The Hall–Kier alpha value is -3.15. The quantitative estimate of drug-likeness (QED) is 0.651. The van der Waals surface area contributed by atoms with Crippen molar-refractivity contribution in [3.63, 3.8) is 0 Å². The van der Waals surface area contributed by atoms with Crippen LogP contribution in [-0.2, 0) is 20.7 Å². The topological polar surface area (TPSA) is 81.4 Å². The fourth-order valence-electron chi connectivity index (χ4n) is 2.83. The van der Waals surface area contributed by atoms with Gasteiger partial charge in [-0.15, -0.1) is 0 Å². The average Bonchev–Trinajstić information content (AvgIpc) is 3.40. The van der Waals surface area contributed by atoms with Crippen molar-refractivity contribution in [2.75, 3.05) is 0 Å². The summed E-state index contributed by atoms with van der Waals surface area (Å²) in [7, 11) is 0. The molecule has 0 unspecified atom stereocenters. The lowest BCUT2D eigenvalue weighted by atomic mass is 10.1. The van der Waals surface area contributed by atoms with Crippen LogP contribution in [0.2, 0.25) is 0 Å². The van der Waals surface area contributed by atoms with E-state index >= 15 is 0 Å². The minimum Gasteiger partial charge on any atom is -0.447 e. The third-order valence-electron chi connectivity index (χ3n) is 4.39. The fraction of sp³-hybridized carbons (Fsp3) is 0.286. The number of para-hydroxylation sites is 2. The molecule has 1 N–H and O–H groups in total. The molecule has 0 bridgehead atoms. The van der Waals surface area contributed by atoms with Crippen molar-refractivity contribution in [3.8, 4) is 0 Å². The standard InChI is InChI=1S/C21H20N2O4/c24-19(13-12-18-23-16-8-4-5-9-17(16)26-18)27-20(14-6-2-1-3-7-14)21(25)22-15-10-11-15/h1-9,15,20H,10-13H2,(H,22,25)/t20-/m1/s1. The fourth-order valence-corrected chi connectivity index (χ4v) is 2.83. The average molecular weight is 364 g/mol. The summed E-state index contributed by atoms with van der Waals surface area (Å²) in [5, 5.41) is 2.90. The monoisotopic (exact) mass is 364 g/mol. The number of benzene rings is 2. The molecule has 1 atom stereocenters. The smallest absolute Gasteiger partial charge is 0.307 e. The molecule has 1 aromatic heterocycles. The molecule has 2 aromatic carbocycles. The lowest BCUT2D eigenvalue weighted by Crippen LogP contribution is -2.33. The van der Waals surface area contributed by atoms with Gasteiger partial charge in [0.25, 0.3) is 5.91 Å². The molecule has 1 amide bonds. The van der Waals surface area contributed by atoms with E-state index in [1.165, 1.54) is 0 Å². The van der Waals surface area contributed by atoms with Gasteiger partial charge in [-0.25, -0.2) is 4.98 Å². The molecule has 4 rings (SSSR count). The third kappa shape index (κ3) is 4.34. The number of hydrogen-bond acceptors (Lipinski definition) is 5. The summed E-state index contributed by atoms with van der Waals surface area (Å²) < 4.78 is 11.1. The summed E-state index contributed by atoms with van der Waals surface area (Å²) in [6.45, 7) is 0. The number of rotatable bonds is 7. The molecule has 1 aliphatic rings. The Kier molecular flexibility index (Phi) is 4.87. The van der Waals surface area contributed by atoms with Gasteiger partial charge in [0.2, 0.25) is 6.10 Å². The molecule has 138 valence electrons. The Morgan fingerprint density at radius 1 is 1.11 bits per heavy atom. The van der Waals surface area contributed by atoms with Crippen LogP contribution in [0.15, 0.2) is 59.0 Å². The van der Waals surface area contributed by atoms with Crippen LogP contribution in [0.4, 0.5) is 0 Å². The van der Waals surface area contributed by atoms with E-state index in [1.54, 1.807) is 12.1 Å². The molecule has 1 heterocycles. The zero-order valence-electron chi connectivity index (χ0n) is 14.8. The number of nitrogens with one attached hydrogen (secondary N) is 1. The van der Waals surface area contributed by atoms with E-state index in [0.717, 1.165) is 18.4 Å². The first-order valence-corrected chi connectivity index (χ1v) is 9.08. The largest absolute Gasteiger partial charge is 0.447 e. The van der Waals surface area contributed by atoms with Crippen molar-refractivity contribution in [2.24, 2.45) is 0 Å². The molecule has 0 spiro atoms. The van der Waals surface area contributed by atoms with Crippen LogP contribution in [0.3, 0.4) is 0 Å². The number of aromatic nitrogens is 1. The Morgan fingerprint density at radius 2 is 1.85 bits per heavy atom. The van der Waals surface area contributed by atoms with Gasteiger partial charge in [-0.3, -0.25) is 9.59 Å². The van der Waals surface area contributed by atoms with E-state index in [0.29, 0.717) is 23.5 Å². The van der Waals surface area contributed by atoms with Crippen LogP contribution in [0.25, 0.3) is 11.1 Å². The van der Waals surface area contributed by atoms with E-state index < -0.39 is 12.1 Å². The molecule has 0 radical (unpaired) electrons. The Bertz CT molecular complexity index is 914. The molecule has 6 heteroatoms. The van der Waals surface area contributed by atoms with Gasteiger partial charge in [-0.2, -0.15) is 0 Å². The number of esters is 1. The van der Waals surface area contributed by atoms with E-state index in [1.807, 2.05) is 42.5 Å². The Morgan fingerprint density at radius 3 is 2.59 bits per heavy atom. The zero-order chi connectivity index (χ0) is 18.6. The number of amides is 1. The summed E-state index contributed by atoms with van der Waals surface area (Å²) >= 11 is 0. The summed E-state index contributed by atoms with van der Waals surface area (Å²) in [6.07, 6.45) is 1.41. The molecular formula is C21H20N2O4. The maximum atomic E-state index is 12.5. The van der Waals surface area contributed by atoms with Gasteiger partial charge < -0.3 is 14.5 Å². The number of carbonyl (C=O) groups excluding carboxylic acids is 2. The SMILES string of the molecule is O=C(CCc1nc2ccccc2o1)O[C@@H](C(=O)NC1CC1)c1ccccc1. The Balaban J connectivity index is 1.40. The number of oxazole rings is 1. The van der Waals surface area contributed by atoms with E-state index in [-0.39, 0.29) is 18.4 Å². The van der Waals surface area contributed by atoms with E-state index in [2.05, 4.69) is 10.3 Å². The van der Waals surface area contributed by atoms with E-state index in [4.69, 9.17) is 9.15 Å². The van der Waals surface area contributed by atoms with E-state index in [9.17, 15) is 9.59 Å². The molecule has 0 aliphatic heterocycles. The van der Waals surface area contributed by atoms with Crippen LogP contribution in [-0.4, -0.2) is 22.9 Å². The molecule has 1 saturated carbocycles. The molecule has 27 heavy (non-hydrogen) atoms. The van der Waals surface area contributed by atoms with Gasteiger partial charge in [-0.05, 0) is 25.0 Å². The highest BCUT2D eigenvalue weighted by atomic mass is 16.5.